The molecule has 0 aromatic heterocycles. The van der Waals surface area contributed by atoms with E-state index in [4.69, 9.17) is 14.6 Å². The molecule has 6 nitrogen and oxygen atoms in total. The number of carboxylic acid groups (broad SMARTS) is 1. The molecule has 0 aliphatic carbocycles. The van der Waals surface area contributed by atoms with Gasteiger partial charge in [0.2, 0.25) is 5.91 Å². The van der Waals surface area contributed by atoms with Crippen molar-refractivity contribution in [1.82, 2.24) is 0 Å². The van der Waals surface area contributed by atoms with Crippen molar-refractivity contribution in [3.63, 3.8) is 0 Å². The molecule has 0 saturated carbocycles. The Morgan fingerprint density at radius 2 is 1.68 bits per heavy atom. The summed E-state index contributed by atoms with van der Waals surface area (Å²) in [6.07, 6.45) is 1.10. The molecule has 0 saturated heterocycles. The maximum absolute atomic E-state index is 13.3. The van der Waals surface area contributed by atoms with Crippen molar-refractivity contribution in [2.75, 3.05) is 19.5 Å². The predicted octanol–water partition coefficient (Wildman–Crippen LogP) is 4.03. The topological polar surface area (TPSA) is 84.9 Å². The first-order valence-corrected chi connectivity index (χ1v) is 9.24. The number of hydrogen-bond acceptors (Lipinski definition) is 4. The summed E-state index contributed by atoms with van der Waals surface area (Å²) in [7, 11) is 3.14. The fraction of sp³-hybridized carbons (Fsp3) is 0.364. The van der Waals surface area contributed by atoms with Crippen LogP contribution in [0.15, 0.2) is 42.5 Å². The number of nitrogens with one attached hydrogen (secondary N) is 1. The predicted molar refractivity (Wildman–Crippen MR) is 108 cm³/mol. The average Bonchev–Trinajstić information content (AvgIpc) is 2.69. The number of carbonyl (C=O) groups is 2. The number of amides is 1. The van der Waals surface area contributed by atoms with E-state index in [-0.39, 0.29) is 12.3 Å². The fourth-order valence-electron chi connectivity index (χ4n) is 3.43. The third-order valence-corrected chi connectivity index (χ3v) is 5.12. The summed E-state index contributed by atoms with van der Waals surface area (Å²) >= 11 is 0. The summed E-state index contributed by atoms with van der Waals surface area (Å²) in [6, 6.07) is 12.4. The highest BCUT2D eigenvalue weighted by atomic mass is 16.5. The van der Waals surface area contributed by atoms with E-state index >= 15 is 0 Å². The van der Waals surface area contributed by atoms with Crippen LogP contribution in [0.25, 0.3) is 0 Å². The summed E-state index contributed by atoms with van der Waals surface area (Å²) in [6.45, 7) is 3.95. The summed E-state index contributed by atoms with van der Waals surface area (Å²) in [4.78, 5) is 24.2. The Bertz CT molecular complexity index is 843. The highest BCUT2D eigenvalue weighted by Crippen LogP contribution is 2.38. The molecular weight excluding hydrogens is 358 g/mol. The van der Waals surface area contributed by atoms with Crippen molar-refractivity contribution >= 4 is 17.6 Å². The van der Waals surface area contributed by atoms with Crippen LogP contribution in [0.2, 0.25) is 0 Å². The van der Waals surface area contributed by atoms with Gasteiger partial charge in [-0.05, 0) is 48.2 Å². The third kappa shape index (κ3) is 4.44. The van der Waals surface area contributed by atoms with Gasteiger partial charge in [0.15, 0.2) is 11.5 Å². The van der Waals surface area contributed by atoms with Crippen LogP contribution in [0, 0.1) is 0 Å². The van der Waals surface area contributed by atoms with E-state index in [1.807, 2.05) is 26.0 Å². The van der Waals surface area contributed by atoms with E-state index in [0.717, 1.165) is 5.56 Å². The minimum atomic E-state index is -0.912. The first-order chi connectivity index (χ1) is 13.4. The zero-order valence-corrected chi connectivity index (χ0v) is 16.7. The van der Waals surface area contributed by atoms with Gasteiger partial charge in [0.05, 0.1) is 26.1 Å². The average molecular weight is 385 g/mol. The van der Waals surface area contributed by atoms with Gasteiger partial charge in [-0.2, -0.15) is 0 Å². The lowest BCUT2D eigenvalue weighted by atomic mass is 9.74. The van der Waals surface area contributed by atoms with Crippen LogP contribution in [0.3, 0.4) is 0 Å². The summed E-state index contributed by atoms with van der Waals surface area (Å²) < 4.78 is 10.7. The molecule has 0 aliphatic heterocycles. The number of carboxylic acids is 1. The van der Waals surface area contributed by atoms with Crippen LogP contribution < -0.4 is 14.8 Å². The van der Waals surface area contributed by atoms with Gasteiger partial charge in [-0.1, -0.05) is 32.0 Å². The first kappa shape index (κ1) is 21.3. The van der Waals surface area contributed by atoms with Gasteiger partial charge >= 0.3 is 5.97 Å². The minimum absolute atomic E-state index is 0.0912. The molecule has 0 spiro atoms. The molecule has 0 bridgehead atoms. The summed E-state index contributed by atoms with van der Waals surface area (Å²) in [5, 5.41) is 11.9. The first-order valence-electron chi connectivity index (χ1n) is 9.24. The van der Waals surface area contributed by atoms with Crippen molar-refractivity contribution in [3.8, 4) is 11.5 Å². The number of methoxy groups -OCH3 is 2. The molecule has 28 heavy (non-hydrogen) atoms. The second-order valence-electron chi connectivity index (χ2n) is 6.58. The van der Waals surface area contributed by atoms with Crippen molar-refractivity contribution < 1.29 is 24.2 Å². The lowest BCUT2D eigenvalue weighted by molar-refractivity contribution is -0.136. The molecule has 0 fully saturated rings. The Morgan fingerprint density at radius 1 is 1.00 bits per heavy atom. The zero-order chi connectivity index (χ0) is 20.7. The van der Waals surface area contributed by atoms with Gasteiger partial charge in [-0.25, -0.2) is 0 Å². The van der Waals surface area contributed by atoms with Gasteiger partial charge in [-0.15, -0.1) is 0 Å². The molecule has 1 amide bonds. The fourth-order valence-corrected chi connectivity index (χ4v) is 3.43. The molecular formula is C22H27NO5. The largest absolute Gasteiger partial charge is 0.493 e. The van der Waals surface area contributed by atoms with Crippen LogP contribution in [0.5, 0.6) is 11.5 Å². The van der Waals surface area contributed by atoms with Gasteiger partial charge in [0.1, 0.15) is 0 Å². The molecule has 2 aromatic rings. The van der Waals surface area contributed by atoms with E-state index in [1.54, 1.807) is 44.6 Å². The molecule has 2 N–H and O–H groups in total. The molecule has 0 aliphatic rings. The smallest absolute Gasteiger partial charge is 0.307 e. The van der Waals surface area contributed by atoms with E-state index in [0.29, 0.717) is 35.6 Å². The second kappa shape index (κ2) is 9.26. The Kier molecular flexibility index (Phi) is 7.04. The molecule has 2 rings (SSSR count). The number of ether oxygens (including phenoxy) is 2. The molecule has 6 heteroatoms. The lowest BCUT2D eigenvalue weighted by Gasteiger charge is -2.31. The Hall–Kier alpha value is -3.02. The van der Waals surface area contributed by atoms with Crippen molar-refractivity contribution in [1.29, 1.82) is 0 Å². The van der Waals surface area contributed by atoms with E-state index in [9.17, 15) is 9.59 Å². The van der Waals surface area contributed by atoms with E-state index < -0.39 is 11.4 Å². The maximum Gasteiger partial charge on any atom is 0.307 e. The SMILES string of the molecule is CCC(CC)(C(=O)Nc1cccc(CC(=O)O)c1)c1ccc(OC)c(OC)c1. The Morgan fingerprint density at radius 3 is 2.25 bits per heavy atom. The molecule has 0 unspecified atom stereocenters. The number of benzene rings is 2. The highest BCUT2D eigenvalue weighted by molar-refractivity contribution is 5.99. The van der Waals surface area contributed by atoms with Crippen LogP contribution in [0.4, 0.5) is 5.69 Å². The Balaban J connectivity index is 2.37. The third-order valence-electron chi connectivity index (χ3n) is 5.12. The van der Waals surface area contributed by atoms with Gasteiger partial charge in [-0.3, -0.25) is 9.59 Å². The lowest BCUT2D eigenvalue weighted by Crippen LogP contribution is -2.39. The quantitative estimate of drug-likeness (QED) is 0.681. The highest BCUT2D eigenvalue weighted by Gasteiger charge is 2.37. The molecule has 0 radical (unpaired) electrons. The number of rotatable bonds is 9. The maximum atomic E-state index is 13.3. The standard InChI is InChI=1S/C22H27NO5/c1-5-22(6-2,16-10-11-18(27-3)19(14-16)28-4)21(26)23-17-9-7-8-15(12-17)13-20(24)25/h7-12,14H,5-6,13H2,1-4H3,(H,23,26)(H,24,25). The number of anilines is 1. The van der Waals surface area contributed by atoms with E-state index in [1.165, 1.54) is 0 Å². The van der Waals surface area contributed by atoms with Crippen LogP contribution >= 0.6 is 0 Å². The van der Waals surface area contributed by atoms with E-state index in [2.05, 4.69) is 5.32 Å². The van der Waals surface area contributed by atoms with Crippen molar-refractivity contribution in [2.24, 2.45) is 0 Å². The van der Waals surface area contributed by atoms with Gasteiger partial charge in [0.25, 0.3) is 0 Å². The molecule has 2 aromatic carbocycles. The second-order valence-corrected chi connectivity index (χ2v) is 6.58. The van der Waals surface area contributed by atoms with Crippen LogP contribution in [-0.4, -0.2) is 31.2 Å². The number of aliphatic carboxylic acids is 1. The zero-order valence-electron chi connectivity index (χ0n) is 16.7. The minimum Gasteiger partial charge on any atom is -0.493 e. The molecule has 0 atom stereocenters. The monoisotopic (exact) mass is 385 g/mol. The molecule has 150 valence electrons. The van der Waals surface area contributed by atoms with Crippen molar-refractivity contribution in [2.45, 2.75) is 38.5 Å². The number of carbonyl (C=O) groups excluding carboxylic acids is 1. The summed E-state index contributed by atoms with van der Waals surface area (Å²) in [5.74, 6) is 0.124. The molecule has 0 heterocycles. The van der Waals surface area contributed by atoms with Crippen LogP contribution in [0.1, 0.15) is 37.8 Å². The van der Waals surface area contributed by atoms with Crippen molar-refractivity contribution in [3.05, 3.63) is 53.6 Å². The Labute approximate surface area is 165 Å². The number of hydrogen-bond donors (Lipinski definition) is 2. The normalized spacial score (nSPS) is 11.0. The van der Waals surface area contributed by atoms with Gasteiger partial charge < -0.3 is 19.9 Å². The van der Waals surface area contributed by atoms with Crippen LogP contribution in [-0.2, 0) is 21.4 Å². The summed E-state index contributed by atoms with van der Waals surface area (Å²) in [5.41, 5.74) is 1.31. The van der Waals surface area contributed by atoms with Gasteiger partial charge in [0, 0.05) is 5.69 Å².